The van der Waals surface area contributed by atoms with Crippen molar-refractivity contribution in [2.45, 2.75) is 30.9 Å². The van der Waals surface area contributed by atoms with Crippen LogP contribution in [0.25, 0.3) is 0 Å². The molecule has 0 radical (unpaired) electrons. The summed E-state index contributed by atoms with van der Waals surface area (Å²) in [5.74, 6) is 1.65. The van der Waals surface area contributed by atoms with Gasteiger partial charge in [0.2, 0.25) is 5.90 Å². The van der Waals surface area contributed by atoms with Gasteiger partial charge in [0.25, 0.3) is 5.91 Å². The predicted octanol–water partition coefficient (Wildman–Crippen LogP) is 6.08. The van der Waals surface area contributed by atoms with E-state index in [0.29, 0.717) is 44.1 Å². The number of rotatable bonds is 13. The number of carbonyl (C=O) groups excluding carboxylic acids is 1. The molecular weight excluding hydrogens is 608 g/mol. The molecule has 1 heterocycles. The maximum atomic E-state index is 14.4. The van der Waals surface area contributed by atoms with Crippen molar-refractivity contribution in [3.8, 4) is 11.5 Å². The highest BCUT2D eigenvalue weighted by Crippen LogP contribution is 2.43. The summed E-state index contributed by atoms with van der Waals surface area (Å²) in [6, 6.07) is 32.9. The molecule has 2 atom stereocenters. The molecule has 43 heavy (non-hydrogen) atoms. The smallest absolute Gasteiger partial charge is 0.252 e. The van der Waals surface area contributed by atoms with Gasteiger partial charge in [0.15, 0.2) is 11.6 Å². The molecule has 4 aromatic carbocycles. The lowest BCUT2D eigenvalue weighted by molar-refractivity contribution is -0.128. The zero-order chi connectivity index (χ0) is 30.1. The fourth-order valence-corrected chi connectivity index (χ4v) is 5.64. The number of nitrogens with zero attached hydrogens (tertiary/aromatic N) is 1. The topological polar surface area (TPSA) is 89.4 Å². The van der Waals surface area contributed by atoms with Crippen molar-refractivity contribution in [1.29, 1.82) is 0 Å². The van der Waals surface area contributed by atoms with Crippen LogP contribution in [0, 0.1) is 0 Å². The Kier molecular flexibility index (Phi) is 10.1. The fraction of sp³-hybridized carbons (Fsp3) is 0.257. The third-order valence-electron chi connectivity index (χ3n) is 7.42. The van der Waals surface area contributed by atoms with Crippen LogP contribution in [0.2, 0.25) is 0 Å². The molecule has 0 aromatic heterocycles. The first-order chi connectivity index (χ1) is 21.0. The molecule has 5 rings (SSSR count). The van der Waals surface area contributed by atoms with E-state index >= 15 is 0 Å². The Hall–Kier alpha value is -4.14. The van der Waals surface area contributed by atoms with E-state index in [1.54, 1.807) is 7.11 Å². The van der Waals surface area contributed by atoms with Crippen molar-refractivity contribution in [3.05, 3.63) is 130 Å². The van der Waals surface area contributed by atoms with Gasteiger partial charge in [0, 0.05) is 36.0 Å². The van der Waals surface area contributed by atoms with E-state index in [4.69, 9.17) is 24.3 Å². The number of ether oxygens (including phenoxy) is 3. The minimum Gasteiger partial charge on any atom is -0.496 e. The van der Waals surface area contributed by atoms with Gasteiger partial charge in [-0.3, -0.25) is 4.79 Å². The molecule has 0 bridgehead atoms. The number of hydrogen-bond donors (Lipinski definition) is 2. The normalized spacial score (nSPS) is 17.6. The largest absolute Gasteiger partial charge is 0.496 e. The number of aliphatic hydroxyl groups excluding tert-OH is 1. The van der Waals surface area contributed by atoms with Crippen LogP contribution in [0.5, 0.6) is 11.5 Å². The number of aliphatic imine (C=N–C) groups is 1. The van der Waals surface area contributed by atoms with E-state index in [2.05, 4.69) is 21.2 Å². The number of amides is 1. The average molecular weight is 644 g/mol. The number of nitrogens with one attached hydrogen (secondary N) is 1. The van der Waals surface area contributed by atoms with Crippen LogP contribution in [0.3, 0.4) is 0 Å². The van der Waals surface area contributed by atoms with Gasteiger partial charge in [-0.15, -0.1) is 0 Å². The highest BCUT2D eigenvalue weighted by Gasteiger charge is 2.53. The van der Waals surface area contributed by atoms with Gasteiger partial charge in [-0.2, -0.15) is 0 Å². The van der Waals surface area contributed by atoms with Gasteiger partial charge in [-0.05, 0) is 59.5 Å². The summed E-state index contributed by atoms with van der Waals surface area (Å²) < 4.78 is 18.7. The Morgan fingerprint density at radius 3 is 2.37 bits per heavy atom. The molecule has 0 saturated carbocycles. The zero-order valence-corrected chi connectivity index (χ0v) is 25.6. The summed E-state index contributed by atoms with van der Waals surface area (Å²) in [6.45, 7) is 0.904. The van der Waals surface area contributed by atoms with Gasteiger partial charge in [0.05, 0.1) is 13.7 Å². The number of benzene rings is 4. The van der Waals surface area contributed by atoms with Crippen molar-refractivity contribution < 1.29 is 24.1 Å². The molecule has 0 aliphatic carbocycles. The maximum Gasteiger partial charge on any atom is 0.252 e. The van der Waals surface area contributed by atoms with Crippen molar-refractivity contribution in [2.75, 3.05) is 26.9 Å². The number of hydrogen-bond acceptors (Lipinski definition) is 6. The zero-order valence-electron chi connectivity index (χ0n) is 24.0. The van der Waals surface area contributed by atoms with Crippen LogP contribution in [0.4, 0.5) is 0 Å². The molecule has 222 valence electrons. The number of halogens is 1. The van der Waals surface area contributed by atoms with Crippen molar-refractivity contribution in [1.82, 2.24) is 5.32 Å². The van der Waals surface area contributed by atoms with E-state index in [1.165, 1.54) is 0 Å². The summed E-state index contributed by atoms with van der Waals surface area (Å²) in [5, 5.41) is 12.2. The molecule has 0 spiro atoms. The Balaban J connectivity index is 1.51. The molecule has 7 nitrogen and oxygen atoms in total. The highest BCUT2D eigenvalue weighted by molar-refractivity contribution is 9.10. The minimum absolute atomic E-state index is 0.0736. The van der Waals surface area contributed by atoms with E-state index < -0.39 is 11.6 Å². The Bertz CT molecular complexity index is 1540. The van der Waals surface area contributed by atoms with Crippen LogP contribution in [0.1, 0.15) is 34.8 Å². The second-order valence-electron chi connectivity index (χ2n) is 10.3. The van der Waals surface area contributed by atoms with Crippen LogP contribution in [-0.4, -0.2) is 49.3 Å². The van der Waals surface area contributed by atoms with Gasteiger partial charge in [-0.25, -0.2) is 4.99 Å². The molecule has 1 aliphatic rings. The third-order valence-corrected chi connectivity index (χ3v) is 8.20. The Morgan fingerprint density at radius 2 is 1.65 bits per heavy atom. The Morgan fingerprint density at radius 1 is 0.953 bits per heavy atom. The third kappa shape index (κ3) is 7.09. The fourth-order valence-electron chi connectivity index (χ4n) is 5.22. The van der Waals surface area contributed by atoms with E-state index in [9.17, 15) is 4.79 Å². The van der Waals surface area contributed by atoms with Crippen molar-refractivity contribution >= 4 is 27.7 Å². The quantitative estimate of drug-likeness (QED) is 0.173. The highest BCUT2D eigenvalue weighted by atomic mass is 79.9. The minimum atomic E-state index is -1.28. The monoisotopic (exact) mass is 642 g/mol. The molecule has 0 fully saturated rings. The van der Waals surface area contributed by atoms with E-state index in [0.717, 1.165) is 32.5 Å². The maximum absolute atomic E-state index is 14.4. The lowest BCUT2D eigenvalue weighted by Gasteiger charge is -2.31. The lowest BCUT2D eigenvalue weighted by atomic mass is 9.82. The molecule has 4 aromatic rings. The first kappa shape index (κ1) is 30.3. The van der Waals surface area contributed by atoms with Crippen LogP contribution in [0.15, 0.2) is 113 Å². The molecule has 1 aliphatic heterocycles. The SMILES string of the molecule is COc1ccccc1CCNC(=O)[C@]1(Cc2ccccc2Br)N=C(c2ccc(OCCCO)cc2)O[C@@H]1c1ccccc1. The van der Waals surface area contributed by atoms with Gasteiger partial charge in [-0.1, -0.05) is 82.7 Å². The first-order valence-electron chi connectivity index (χ1n) is 14.3. The van der Waals surface area contributed by atoms with Crippen LogP contribution in [-0.2, 0) is 22.4 Å². The molecule has 1 amide bonds. The molecule has 0 unspecified atom stereocenters. The molecular formula is C35H35BrN2O5. The summed E-state index contributed by atoms with van der Waals surface area (Å²) in [4.78, 5) is 19.5. The molecule has 8 heteroatoms. The summed E-state index contributed by atoms with van der Waals surface area (Å²) in [7, 11) is 1.65. The van der Waals surface area contributed by atoms with Gasteiger partial charge in [0.1, 0.15) is 11.5 Å². The lowest BCUT2D eigenvalue weighted by Crippen LogP contribution is -2.50. The first-order valence-corrected chi connectivity index (χ1v) is 15.1. The predicted molar refractivity (Wildman–Crippen MR) is 171 cm³/mol. The van der Waals surface area contributed by atoms with E-state index in [1.807, 2.05) is 103 Å². The number of aliphatic hydroxyl groups is 1. The van der Waals surface area contributed by atoms with E-state index in [-0.39, 0.29) is 12.5 Å². The van der Waals surface area contributed by atoms with Crippen LogP contribution < -0.4 is 14.8 Å². The van der Waals surface area contributed by atoms with Crippen LogP contribution >= 0.6 is 15.9 Å². The number of para-hydroxylation sites is 1. The van der Waals surface area contributed by atoms with Gasteiger partial charge >= 0.3 is 0 Å². The second kappa shape index (κ2) is 14.4. The Labute approximate surface area is 260 Å². The van der Waals surface area contributed by atoms with Crippen molar-refractivity contribution in [3.63, 3.8) is 0 Å². The summed E-state index contributed by atoms with van der Waals surface area (Å²) in [6.07, 6.45) is 0.814. The number of carbonyl (C=O) groups is 1. The summed E-state index contributed by atoms with van der Waals surface area (Å²) >= 11 is 3.68. The van der Waals surface area contributed by atoms with Crippen molar-refractivity contribution in [2.24, 2.45) is 4.99 Å². The number of methoxy groups -OCH3 is 1. The second-order valence-corrected chi connectivity index (χ2v) is 11.1. The van der Waals surface area contributed by atoms with Gasteiger partial charge < -0.3 is 24.6 Å². The summed E-state index contributed by atoms with van der Waals surface area (Å²) in [5.41, 5.74) is 2.28. The molecule has 0 saturated heterocycles. The molecule has 2 N–H and O–H groups in total. The standard InChI is InChI=1S/C35H35BrN2O5/c1-41-31-15-8-6-10-25(31)20-21-37-34(40)35(24-28-13-5-7-14-30(28)36)32(26-11-3-2-4-12-26)43-33(38-35)27-16-18-29(19-17-27)42-23-9-22-39/h2-8,10-19,32,39H,9,20-24H2,1H3,(H,37,40)/t32-,35-/m1/s1. The average Bonchev–Trinajstić information content (AvgIpc) is 3.44.